The molecule has 1 heterocycles. The number of ether oxygens (including phenoxy) is 2. The fourth-order valence-electron chi connectivity index (χ4n) is 3.39. The van der Waals surface area contributed by atoms with Gasteiger partial charge in [-0.3, -0.25) is 0 Å². The molecule has 146 valence electrons. The van der Waals surface area contributed by atoms with Crippen LogP contribution in [-0.4, -0.2) is 23.8 Å². The molecule has 0 fully saturated rings. The van der Waals surface area contributed by atoms with Crippen molar-refractivity contribution < 1.29 is 19.4 Å². The van der Waals surface area contributed by atoms with E-state index in [9.17, 15) is 9.90 Å². The minimum absolute atomic E-state index is 0.120. The summed E-state index contributed by atoms with van der Waals surface area (Å²) < 4.78 is 11.2. The summed E-state index contributed by atoms with van der Waals surface area (Å²) in [4.78, 5) is 12.4. The van der Waals surface area contributed by atoms with Crippen molar-refractivity contribution in [2.24, 2.45) is 0 Å². The molecule has 4 nitrogen and oxygen atoms in total. The summed E-state index contributed by atoms with van der Waals surface area (Å²) in [5.41, 5.74) is 2.84. The van der Waals surface area contributed by atoms with Gasteiger partial charge in [0, 0.05) is 5.56 Å². The van der Waals surface area contributed by atoms with E-state index in [1.807, 2.05) is 55.5 Å². The maximum atomic E-state index is 12.4. The van der Waals surface area contributed by atoms with Crippen molar-refractivity contribution >= 4 is 12.0 Å². The van der Waals surface area contributed by atoms with Gasteiger partial charge in [0.2, 0.25) is 0 Å². The number of methoxy groups -OCH3 is 1. The Morgan fingerprint density at radius 3 is 2.61 bits per heavy atom. The molecular formula is C24H26O4. The highest BCUT2D eigenvalue weighted by Gasteiger charge is 2.31. The highest BCUT2D eigenvalue weighted by Crippen LogP contribution is 2.44. The molecule has 1 aliphatic rings. The number of aromatic hydroxyl groups is 1. The molecule has 1 aliphatic heterocycles. The van der Waals surface area contributed by atoms with Crippen molar-refractivity contribution in [3.8, 4) is 22.6 Å². The second-order valence-electron chi connectivity index (χ2n) is 7.49. The van der Waals surface area contributed by atoms with Crippen LogP contribution in [0.3, 0.4) is 0 Å². The molecule has 0 aliphatic carbocycles. The van der Waals surface area contributed by atoms with Crippen LogP contribution in [0.25, 0.3) is 17.2 Å². The number of carbonyl (C=O) groups is 1. The molecule has 0 radical (unpaired) electrons. The van der Waals surface area contributed by atoms with Crippen LogP contribution in [0.15, 0.2) is 54.1 Å². The van der Waals surface area contributed by atoms with E-state index in [0.717, 1.165) is 18.4 Å². The Morgan fingerprint density at radius 2 is 1.96 bits per heavy atom. The van der Waals surface area contributed by atoms with Gasteiger partial charge in [0.1, 0.15) is 22.7 Å². The van der Waals surface area contributed by atoms with E-state index in [1.165, 1.54) is 12.7 Å². The van der Waals surface area contributed by atoms with Crippen LogP contribution in [0.2, 0.25) is 0 Å². The molecule has 0 spiro atoms. The van der Waals surface area contributed by atoms with Gasteiger partial charge in [0.25, 0.3) is 0 Å². The minimum Gasteiger partial charge on any atom is -0.506 e. The Bertz CT molecular complexity index is 937. The van der Waals surface area contributed by atoms with Crippen LogP contribution < -0.4 is 4.74 Å². The zero-order chi connectivity index (χ0) is 20.3. The van der Waals surface area contributed by atoms with E-state index in [1.54, 1.807) is 0 Å². The number of hydrogen-bond donors (Lipinski definition) is 1. The third kappa shape index (κ3) is 3.96. The molecule has 3 rings (SSSR count). The number of esters is 1. The number of rotatable bonds is 5. The Morgan fingerprint density at radius 1 is 1.25 bits per heavy atom. The van der Waals surface area contributed by atoms with E-state index in [2.05, 4.69) is 19.9 Å². The first kappa shape index (κ1) is 19.7. The van der Waals surface area contributed by atoms with Gasteiger partial charge in [-0.2, -0.15) is 0 Å². The topological polar surface area (TPSA) is 55.8 Å². The smallest absolute Gasteiger partial charge is 0.342 e. The molecule has 0 bridgehead atoms. The predicted octanol–water partition coefficient (Wildman–Crippen LogP) is 5.76. The predicted molar refractivity (Wildman–Crippen MR) is 112 cm³/mol. The largest absolute Gasteiger partial charge is 0.506 e. The third-order valence-corrected chi connectivity index (χ3v) is 4.92. The molecule has 0 saturated carbocycles. The second-order valence-corrected chi connectivity index (χ2v) is 7.49. The second kappa shape index (κ2) is 7.93. The van der Waals surface area contributed by atoms with Gasteiger partial charge in [-0.15, -0.1) is 0 Å². The number of phenolic OH excluding ortho intramolecular Hbond substituents is 1. The Balaban J connectivity index is 2.07. The molecule has 2 aromatic rings. The summed E-state index contributed by atoms with van der Waals surface area (Å²) in [6.45, 7) is 6.18. The van der Waals surface area contributed by atoms with Crippen molar-refractivity contribution in [3.63, 3.8) is 0 Å². The average Bonchev–Trinajstić information content (AvgIpc) is 2.67. The van der Waals surface area contributed by atoms with E-state index >= 15 is 0 Å². The zero-order valence-electron chi connectivity index (χ0n) is 16.8. The van der Waals surface area contributed by atoms with Crippen molar-refractivity contribution in [1.82, 2.24) is 0 Å². The Labute approximate surface area is 166 Å². The fourth-order valence-corrected chi connectivity index (χ4v) is 3.39. The first-order chi connectivity index (χ1) is 13.3. The molecule has 2 aromatic carbocycles. The lowest BCUT2D eigenvalue weighted by atomic mass is 9.90. The van der Waals surface area contributed by atoms with Gasteiger partial charge >= 0.3 is 5.97 Å². The number of carbonyl (C=O) groups excluding carboxylic acids is 1. The maximum absolute atomic E-state index is 12.4. The maximum Gasteiger partial charge on any atom is 0.342 e. The summed E-state index contributed by atoms with van der Waals surface area (Å²) in [5, 5.41) is 10.9. The summed E-state index contributed by atoms with van der Waals surface area (Å²) in [6.07, 6.45) is 7.67. The van der Waals surface area contributed by atoms with Crippen molar-refractivity contribution in [2.75, 3.05) is 7.11 Å². The van der Waals surface area contributed by atoms with Gasteiger partial charge in [0.05, 0.1) is 12.7 Å². The summed E-state index contributed by atoms with van der Waals surface area (Å²) in [5.74, 6) is -0.138. The summed E-state index contributed by atoms with van der Waals surface area (Å²) in [7, 11) is 1.31. The van der Waals surface area contributed by atoms with Gasteiger partial charge < -0.3 is 14.6 Å². The lowest BCUT2D eigenvalue weighted by molar-refractivity contribution is 0.0598. The van der Waals surface area contributed by atoms with Crippen LogP contribution in [0, 0.1) is 0 Å². The SMILES string of the molecule is COC(=O)c1c(-c2ccccc2)cc2c(c1O)C=CC(C)(CCC=C(C)C)O2. The van der Waals surface area contributed by atoms with Crippen LogP contribution in [0.5, 0.6) is 11.5 Å². The van der Waals surface area contributed by atoms with E-state index in [-0.39, 0.29) is 11.3 Å². The molecule has 0 amide bonds. The van der Waals surface area contributed by atoms with Crippen molar-refractivity contribution in [2.45, 2.75) is 39.2 Å². The molecule has 1 atom stereocenters. The highest BCUT2D eigenvalue weighted by molar-refractivity contribution is 6.02. The molecule has 28 heavy (non-hydrogen) atoms. The number of allylic oxidation sites excluding steroid dienone is 2. The van der Waals surface area contributed by atoms with Crippen molar-refractivity contribution in [3.05, 3.63) is 65.3 Å². The van der Waals surface area contributed by atoms with Gasteiger partial charge in [-0.1, -0.05) is 42.0 Å². The van der Waals surface area contributed by atoms with Crippen LogP contribution in [0.4, 0.5) is 0 Å². The lowest BCUT2D eigenvalue weighted by Crippen LogP contribution is -2.31. The normalized spacial score (nSPS) is 17.4. The van der Waals surface area contributed by atoms with Crippen LogP contribution >= 0.6 is 0 Å². The van der Waals surface area contributed by atoms with E-state index < -0.39 is 11.6 Å². The van der Waals surface area contributed by atoms with E-state index in [4.69, 9.17) is 9.47 Å². The summed E-state index contributed by atoms with van der Waals surface area (Å²) in [6, 6.07) is 11.3. The highest BCUT2D eigenvalue weighted by atomic mass is 16.5. The van der Waals surface area contributed by atoms with Crippen LogP contribution in [-0.2, 0) is 4.74 Å². The zero-order valence-corrected chi connectivity index (χ0v) is 16.8. The van der Waals surface area contributed by atoms with E-state index in [0.29, 0.717) is 16.9 Å². The number of fused-ring (bicyclic) bond motifs is 1. The number of phenols is 1. The van der Waals surface area contributed by atoms with Crippen molar-refractivity contribution in [1.29, 1.82) is 0 Å². The minimum atomic E-state index is -0.579. The number of hydrogen-bond acceptors (Lipinski definition) is 4. The molecule has 1 N–H and O–H groups in total. The molecule has 0 saturated heterocycles. The Hall–Kier alpha value is -3.01. The monoisotopic (exact) mass is 378 g/mol. The number of benzene rings is 2. The van der Waals surface area contributed by atoms with Gasteiger partial charge in [-0.05, 0) is 57.4 Å². The molecule has 4 heteroatoms. The molecular weight excluding hydrogens is 352 g/mol. The third-order valence-electron chi connectivity index (χ3n) is 4.92. The van der Waals surface area contributed by atoms with Gasteiger partial charge in [0.15, 0.2) is 0 Å². The first-order valence-corrected chi connectivity index (χ1v) is 9.40. The fraction of sp³-hybridized carbons (Fsp3) is 0.292. The quantitative estimate of drug-likeness (QED) is 0.531. The van der Waals surface area contributed by atoms with Gasteiger partial charge in [-0.25, -0.2) is 4.79 Å². The lowest BCUT2D eigenvalue weighted by Gasteiger charge is -2.32. The Kier molecular flexibility index (Phi) is 5.59. The average molecular weight is 378 g/mol. The van der Waals surface area contributed by atoms with Crippen LogP contribution in [0.1, 0.15) is 49.5 Å². The molecule has 0 aromatic heterocycles. The molecule has 1 unspecified atom stereocenters. The summed E-state index contributed by atoms with van der Waals surface area (Å²) >= 11 is 0. The first-order valence-electron chi connectivity index (χ1n) is 9.40. The standard InChI is InChI=1S/C24H26O4/c1-16(2)9-8-13-24(3)14-12-18-20(28-24)15-19(17-10-6-5-7-11-17)21(22(18)25)23(26)27-4/h5-7,9-12,14-15,25H,8,13H2,1-4H3.